The summed E-state index contributed by atoms with van der Waals surface area (Å²) in [6, 6.07) is 20.6. The lowest BCUT2D eigenvalue weighted by molar-refractivity contribution is -0.128. The molecule has 1 fully saturated rings. The van der Waals surface area contributed by atoms with Crippen molar-refractivity contribution in [1.82, 2.24) is 10.2 Å². The normalized spacial score (nSPS) is 13.6. The van der Waals surface area contributed by atoms with Gasteiger partial charge in [0.15, 0.2) is 0 Å². The lowest BCUT2D eigenvalue weighted by atomic mass is 10.1. The van der Waals surface area contributed by atoms with E-state index in [1.165, 1.54) is 12.1 Å². The van der Waals surface area contributed by atoms with Crippen molar-refractivity contribution >= 4 is 39.1 Å². The van der Waals surface area contributed by atoms with Crippen LogP contribution in [-0.4, -0.2) is 38.2 Å². The summed E-state index contributed by atoms with van der Waals surface area (Å²) in [4.78, 5) is 26.8. The van der Waals surface area contributed by atoms with Gasteiger partial charge < -0.3 is 10.2 Å². The van der Waals surface area contributed by atoms with Crippen molar-refractivity contribution in [3.05, 3.63) is 94.5 Å². The Hall–Kier alpha value is -3.36. The highest BCUT2D eigenvalue weighted by molar-refractivity contribution is 7.92. The topological polar surface area (TPSA) is 86.8 Å². The SMILES string of the molecule is Cc1c(Cl)cccc1N(CC(=O)NCc1cccc(CN2CCCC2=O)c1)S(=O)(=O)c1ccccc1. The molecular weight excluding hydrogens is 498 g/mol. The first-order valence-corrected chi connectivity index (χ1v) is 13.5. The van der Waals surface area contributed by atoms with Gasteiger partial charge in [-0.25, -0.2) is 8.42 Å². The van der Waals surface area contributed by atoms with Crippen molar-refractivity contribution < 1.29 is 18.0 Å². The quantitative estimate of drug-likeness (QED) is 0.451. The molecular formula is C27H28ClN3O4S. The summed E-state index contributed by atoms with van der Waals surface area (Å²) in [7, 11) is -4.02. The molecule has 0 bridgehead atoms. The molecule has 0 aromatic heterocycles. The fraction of sp³-hybridized carbons (Fsp3) is 0.259. The minimum Gasteiger partial charge on any atom is -0.350 e. The van der Waals surface area contributed by atoms with Crippen LogP contribution in [0.15, 0.2) is 77.7 Å². The summed E-state index contributed by atoms with van der Waals surface area (Å²) in [5.41, 5.74) is 2.76. The molecule has 2 amide bonds. The summed E-state index contributed by atoms with van der Waals surface area (Å²) in [5.74, 6) is -0.293. The number of benzene rings is 3. The molecule has 0 spiro atoms. The number of sulfonamides is 1. The Labute approximate surface area is 216 Å². The van der Waals surface area contributed by atoms with E-state index in [4.69, 9.17) is 11.6 Å². The third-order valence-electron chi connectivity index (χ3n) is 6.15. The van der Waals surface area contributed by atoms with Gasteiger partial charge in [-0.3, -0.25) is 13.9 Å². The van der Waals surface area contributed by atoms with Crippen molar-refractivity contribution in [2.24, 2.45) is 0 Å². The standard InChI is InChI=1S/C27H28ClN3O4S/c1-20-24(28)12-6-13-25(20)31(36(34,35)23-10-3-2-4-11-23)19-26(32)29-17-21-8-5-9-22(16-21)18-30-15-7-14-27(30)33/h2-6,8-13,16H,7,14-15,17-19H2,1H3,(H,29,32). The molecule has 4 rings (SSSR count). The van der Waals surface area contributed by atoms with E-state index in [1.54, 1.807) is 43.3 Å². The minimum absolute atomic E-state index is 0.0846. The highest BCUT2D eigenvalue weighted by Crippen LogP contribution is 2.30. The van der Waals surface area contributed by atoms with Crippen LogP contribution in [0.5, 0.6) is 0 Å². The van der Waals surface area contributed by atoms with Crippen molar-refractivity contribution in [3.8, 4) is 0 Å². The van der Waals surface area contributed by atoms with Gasteiger partial charge in [-0.2, -0.15) is 0 Å². The second kappa shape index (κ2) is 11.1. The number of anilines is 1. The largest absolute Gasteiger partial charge is 0.350 e. The Morgan fingerprint density at radius 3 is 2.47 bits per heavy atom. The van der Waals surface area contributed by atoms with Crippen LogP contribution >= 0.6 is 11.6 Å². The van der Waals surface area contributed by atoms with E-state index in [1.807, 2.05) is 29.2 Å². The second-order valence-corrected chi connectivity index (χ2v) is 11.0. The third kappa shape index (κ3) is 5.88. The summed E-state index contributed by atoms with van der Waals surface area (Å²) >= 11 is 6.27. The van der Waals surface area contributed by atoms with E-state index >= 15 is 0 Å². The lowest BCUT2D eigenvalue weighted by Crippen LogP contribution is -2.41. The fourth-order valence-electron chi connectivity index (χ4n) is 4.20. The Bertz CT molecular complexity index is 1360. The minimum atomic E-state index is -4.02. The van der Waals surface area contributed by atoms with Gasteiger partial charge in [0.25, 0.3) is 10.0 Å². The van der Waals surface area contributed by atoms with Crippen molar-refractivity contribution in [1.29, 1.82) is 0 Å². The summed E-state index contributed by atoms with van der Waals surface area (Å²) in [6.07, 6.45) is 1.47. The monoisotopic (exact) mass is 525 g/mol. The van der Waals surface area contributed by atoms with Gasteiger partial charge in [0.2, 0.25) is 11.8 Å². The molecule has 0 unspecified atom stereocenters. The van der Waals surface area contributed by atoms with Crippen molar-refractivity contribution in [3.63, 3.8) is 0 Å². The van der Waals surface area contributed by atoms with Crippen LogP contribution in [0, 0.1) is 6.92 Å². The van der Waals surface area contributed by atoms with Gasteiger partial charge >= 0.3 is 0 Å². The number of hydrogen-bond acceptors (Lipinski definition) is 4. The fourth-order valence-corrected chi connectivity index (χ4v) is 5.87. The molecule has 3 aromatic rings. The molecule has 1 heterocycles. The molecule has 1 aliphatic heterocycles. The smallest absolute Gasteiger partial charge is 0.264 e. The maximum absolute atomic E-state index is 13.5. The van der Waals surface area contributed by atoms with Gasteiger partial charge in [-0.15, -0.1) is 0 Å². The number of carbonyl (C=O) groups excluding carboxylic acids is 2. The number of carbonyl (C=O) groups is 2. The van der Waals surface area contributed by atoms with Crippen LogP contribution in [-0.2, 0) is 32.7 Å². The Balaban J connectivity index is 1.50. The molecule has 1 saturated heterocycles. The van der Waals surface area contributed by atoms with Crippen LogP contribution in [0.25, 0.3) is 0 Å². The van der Waals surface area contributed by atoms with E-state index in [0.717, 1.165) is 28.4 Å². The highest BCUT2D eigenvalue weighted by Gasteiger charge is 2.28. The second-order valence-electron chi connectivity index (χ2n) is 8.72. The van der Waals surface area contributed by atoms with Crippen LogP contribution in [0.3, 0.4) is 0 Å². The van der Waals surface area contributed by atoms with Gasteiger partial charge in [0, 0.05) is 31.1 Å². The molecule has 3 aromatic carbocycles. The number of hydrogen-bond donors (Lipinski definition) is 1. The maximum Gasteiger partial charge on any atom is 0.264 e. The van der Waals surface area contributed by atoms with E-state index in [-0.39, 0.29) is 17.3 Å². The number of nitrogens with zero attached hydrogens (tertiary/aromatic N) is 2. The number of nitrogens with one attached hydrogen (secondary N) is 1. The van der Waals surface area contributed by atoms with E-state index in [9.17, 15) is 18.0 Å². The third-order valence-corrected chi connectivity index (χ3v) is 8.34. The summed E-state index contributed by atoms with van der Waals surface area (Å²) in [6.45, 7) is 2.85. The van der Waals surface area contributed by atoms with Crippen molar-refractivity contribution in [2.45, 2.75) is 37.8 Å². The van der Waals surface area contributed by atoms with Crippen molar-refractivity contribution in [2.75, 3.05) is 17.4 Å². The summed E-state index contributed by atoms with van der Waals surface area (Å²) in [5, 5.41) is 3.24. The van der Waals surface area contributed by atoms with Gasteiger partial charge in [0.05, 0.1) is 10.6 Å². The molecule has 9 heteroatoms. The predicted octanol–water partition coefficient (Wildman–Crippen LogP) is 4.28. The number of amides is 2. The van der Waals surface area contributed by atoms with Gasteiger partial charge in [-0.05, 0) is 54.3 Å². The summed E-state index contributed by atoms with van der Waals surface area (Å²) < 4.78 is 28.1. The first-order valence-electron chi connectivity index (χ1n) is 11.7. The Morgan fingerprint density at radius 2 is 1.75 bits per heavy atom. The number of likely N-dealkylation sites (tertiary alicyclic amines) is 1. The molecule has 0 saturated carbocycles. The van der Waals surface area contributed by atoms with E-state index < -0.39 is 22.5 Å². The van der Waals surface area contributed by atoms with Crippen LogP contribution < -0.4 is 9.62 Å². The molecule has 0 radical (unpaired) electrons. The first kappa shape index (κ1) is 25.7. The molecule has 0 aliphatic carbocycles. The zero-order valence-electron chi connectivity index (χ0n) is 20.0. The number of halogens is 1. The average molecular weight is 526 g/mol. The van der Waals surface area contributed by atoms with E-state index in [2.05, 4.69) is 5.32 Å². The molecule has 7 nitrogen and oxygen atoms in total. The van der Waals surface area contributed by atoms with E-state index in [0.29, 0.717) is 29.2 Å². The zero-order valence-corrected chi connectivity index (χ0v) is 21.6. The molecule has 1 N–H and O–H groups in total. The molecule has 1 aliphatic rings. The molecule has 36 heavy (non-hydrogen) atoms. The lowest BCUT2D eigenvalue weighted by Gasteiger charge is -2.26. The average Bonchev–Trinajstić information content (AvgIpc) is 3.28. The predicted molar refractivity (Wildman–Crippen MR) is 140 cm³/mol. The molecule has 0 atom stereocenters. The maximum atomic E-state index is 13.5. The van der Waals surface area contributed by atoms with Crippen LogP contribution in [0.1, 0.15) is 29.5 Å². The van der Waals surface area contributed by atoms with Crippen LogP contribution in [0.4, 0.5) is 5.69 Å². The Morgan fingerprint density at radius 1 is 1.03 bits per heavy atom. The van der Waals surface area contributed by atoms with Crippen LogP contribution in [0.2, 0.25) is 5.02 Å². The highest BCUT2D eigenvalue weighted by atomic mass is 35.5. The number of rotatable bonds is 9. The zero-order chi connectivity index (χ0) is 25.7. The van der Waals surface area contributed by atoms with Gasteiger partial charge in [-0.1, -0.05) is 60.1 Å². The molecule has 188 valence electrons. The Kier molecular flexibility index (Phi) is 7.96. The first-order chi connectivity index (χ1) is 17.3. The van der Waals surface area contributed by atoms with Gasteiger partial charge in [0.1, 0.15) is 6.54 Å².